The molecule has 0 aliphatic carbocycles. The summed E-state index contributed by atoms with van der Waals surface area (Å²) in [6, 6.07) is 19.3. The predicted octanol–water partition coefficient (Wildman–Crippen LogP) is 5.03. The number of hydrogen-bond acceptors (Lipinski definition) is 4. The lowest BCUT2D eigenvalue weighted by molar-refractivity contribution is -0.111. The zero-order chi connectivity index (χ0) is 24.9. The molecule has 1 N–H and O–H groups in total. The number of sulfonamides is 1. The number of carbonyl (C=O) groups excluding carboxylic acids is 1. The monoisotopic (exact) mass is 486 g/mol. The summed E-state index contributed by atoms with van der Waals surface area (Å²) in [5.41, 5.74) is 2.57. The minimum Gasteiger partial charge on any atom is -0.435 e. The Labute approximate surface area is 197 Å². The van der Waals surface area contributed by atoms with Gasteiger partial charge < -0.3 is 10.1 Å². The predicted molar refractivity (Wildman–Crippen MR) is 128 cm³/mol. The van der Waals surface area contributed by atoms with E-state index in [0.717, 1.165) is 4.31 Å². The first-order valence-electron chi connectivity index (χ1n) is 10.2. The smallest absolute Gasteiger partial charge is 0.387 e. The van der Waals surface area contributed by atoms with Crippen LogP contribution in [0.2, 0.25) is 0 Å². The van der Waals surface area contributed by atoms with Crippen molar-refractivity contribution in [2.75, 3.05) is 19.4 Å². The molecule has 3 rings (SSSR count). The number of nitrogens with zero attached hydrogens (tertiary/aromatic N) is 1. The van der Waals surface area contributed by atoms with E-state index in [1.165, 1.54) is 38.4 Å². The molecule has 0 aromatic heterocycles. The van der Waals surface area contributed by atoms with Gasteiger partial charge in [0.25, 0.3) is 5.91 Å². The summed E-state index contributed by atoms with van der Waals surface area (Å²) in [5, 5.41) is 2.80. The maximum Gasteiger partial charge on any atom is 0.387 e. The third-order valence-corrected chi connectivity index (χ3v) is 6.79. The molecule has 178 valence electrons. The van der Waals surface area contributed by atoms with Crippen molar-refractivity contribution in [3.8, 4) is 5.75 Å². The fraction of sp³-hybridized carbons (Fsp3) is 0.160. The van der Waals surface area contributed by atoms with Crippen LogP contribution in [0.4, 0.5) is 14.5 Å². The molecule has 0 unspecified atom stereocenters. The zero-order valence-electron chi connectivity index (χ0n) is 18.8. The Morgan fingerprint density at radius 1 is 1.00 bits per heavy atom. The first-order chi connectivity index (χ1) is 16.1. The van der Waals surface area contributed by atoms with Crippen LogP contribution in [0, 0.1) is 6.92 Å². The van der Waals surface area contributed by atoms with Crippen LogP contribution in [0.3, 0.4) is 0 Å². The Morgan fingerprint density at radius 3 is 2.24 bits per heavy atom. The summed E-state index contributed by atoms with van der Waals surface area (Å²) in [4.78, 5) is 13.4. The van der Waals surface area contributed by atoms with Crippen molar-refractivity contribution in [2.24, 2.45) is 0 Å². The molecule has 0 heterocycles. The molecule has 0 saturated heterocycles. The minimum absolute atomic E-state index is 0.00686. The number of hydrogen-bond donors (Lipinski definition) is 1. The van der Waals surface area contributed by atoms with Gasteiger partial charge in [0.1, 0.15) is 5.75 Å². The summed E-state index contributed by atoms with van der Waals surface area (Å²) < 4.78 is 55.3. The maximum atomic E-state index is 13.3. The second-order valence-electron chi connectivity index (χ2n) is 7.59. The number of nitrogens with one attached hydrogen (secondary N) is 1. The van der Waals surface area contributed by atoms with Gasteiger partial charge in [-0.05, 0) is 54.0 Å². The fourth-order valence-electron chi connectivity index (χ4n) is 3.11. The molecule has 0 aliphatic rings. The van der Waals surface area contributed by atoms with Gasteiger partial charge in [0.05, 0.1) is 4.90 Å². The van der Waals surface area contributed by atoms with Crippen molar-refractivity contribution in [3.05, 3.63) is 89.5 Å². The first-order valence-corrected chi connectivity index (χ1v) is 11.7. The van der Waals surface area contributed by atoms with Gasteiger partial charge in [-0.25, -0.2) is 12.7 Å². The molecule has 0 bridgehead atoms. The molecule has 3 aromatic carbocycles. The van der Waals surface area contributed by atoms with Crippen LogP contribution >= 0.6 is 0 Å². The molecule has 0 spiro atoms. The van der Waals surface area contributed by atoms with Crippen LogP contribution in [0.15, 0.2) is 77.7 Å². The summed E-state index contributed by atoms with van der Waals surface area (Å²) in [5.74, 6) is -0.450. The van der Waals surface area contributed by atoms with E-state index < -0.39 is 22.5 Å². The van der Waals surface area contributed by atoms with E-state index in [1.54, 1.807) is 55.5 Å². The average molecular weight is 487 g/mol. The molecule has 34 heavy (non-hydrogen) atoms. The van der Waals surface area contributed by atoms with Crippen LogP contribution in [0.25, 0.3) is 11.6 Å². The number of carbonyl (C=O) groups is 1. The summed E-state index contributed by atoms with van der Waals surface area (Å²) in [6.07, 6.45) is 1.62. The maximum absolute atomic E-state index is 13.3. The van der Waals surface area contributed by atoms with E-state index in [4.69, 9.17) is 0 Å². The number of amides is 1. The van der Waals surface area contributed by atoms with E-state index in [-0.39, 0.29) is 10.6 Å². The SMILES string of the molecule is Cc1ccc(S(=O)(=O)N(C)C)cc1NC(=O)C(=Cc1ccc(OC(F)F)cc1)c1ccccc1. The number of alkyl halides is 2. The summed E-state index contributed by atoms with van der Waals surface area (Å²) in [6.45, 7) is -1.17. The van der Waals surface area contributed by atoms with E-state index in [9.17, 15) is 22.0 Å². The number of rotatable bonds is 8. The lowest BCUT2D eigenvalue weighted by Crippen LogP contribution is -2.22. The van der Waals surface area contributed by atoms with Crippen molar-refractivity contribution in [1.82, 2.24) is 4.31 Å². The summed E-state index contributed by atoms with van der Waals surface area (Å²) in [7, 11) is -0.820. The molecule has 0 radical (unpaired) electrons. The van der Waals surface area contributed by atoms with Gasteiger partial charge in [-0.3, -0.25) is 4.79 Å². The van der Waals surface area contributed by atoms with Gasteiger partial charge in [-0.15, -0.1) is 0 Å². The van der Waals surface area contributed by atoms with Gasteiger partial charge >= 0.3 is 6.61 Å². The van der Waals surface area contributed by atoms with E-state index >= 15 is 0 Å². The van der Waals surface area contributed by atoms with Gasteiger partial charge in [0.15, 0.2) is 0 Å². The Hall–Kier alpha value is -3.56. The molecular formula is C25H24F2N2O4S. The van der Waals surface area contributed by atoms with Gasteiger partial charge in [0.2, 0.25) is 10.0 Å². The molecule has 9 heteroatoms. The standard InChI is InChI=1S/C25H24F2N2O4S/c1-17-9-14-21(34(31,32)29(2)3)16-23(17)28-24(30)22(19-7-5-4-6-8-19)15-18-10-12-20(13-11-18)33-25(26)27/h4-16,25H,1-3H3,(H,28,30). The molecule has 0 saturated carbocycles. The highest BCUT2D eigenvalue weighted by molar-refractivity contribution is 7.89. The molecular weight excluding hydrogens is 462 g/mol. The van der Waals surface area contributed by atoms with Crippen LogP contribution in [0.1, 0.15) is 16.7 Å². The average Bonchev–Trinajstić information content (AvgIpc) is 2.80. The van der Waals surface area contributed by atoms with Crippen molar-refractivity contribution < 1.29 is 26.7 Å². The normalized spacial score (nSPS) is 12.1. The van der Waals surface area contributed by atoms with Crippen molar-refractivity contribution in [1.29, 1.82) is 0 Å². The van der Waals surface area contributed by atoms with Gasteiger partial charge in [-0.1, -0.05) is 48.5 Å². The Bertz CT molecular complexity index is 1290. The molecule has 3 aromatic rings. The molecule has 0 aliphatic heterocycles. The van der Waals surface area contributed by atoms with Crippen molar-refractivity contribution in [2.45, 2.75) is 18.4 Å². The van der Waals surface area contributed by atoms with Crippen LogP contribution in [-0.4, -0.2) is 39.3 Å². The molecule has 1 amide bonds. The van der Waals surface area contributed by atoms with Crippen molar-refractivity contribution >= 4 is 33.3 Å². The Morgan fingerprint density at radius 2 is 1.65 bits per heavy atom. The third kappa shape index (κ3) is 6.06. The lowest BCUT2D eigenvalue weighted by Gasteiger charge is -2.15. The van der Waals surface area contributed by atoms with E-state index in [0.29, 0.717) is 28.0 Å². The minimum atomic E-state index is -3.68. The fourth-order valence-corrected chi connectivity index (χ4v) is 4.03. The number of ether oxygens (including phenoxy) is 1. The number of halogens is 2. The zero-order valence-corrected chi connectivity index (χ0v) is 19.6. The van der Waals surface area contributed by atoms with Gasteiger partial charge in [0, 0.05) is 25.4 Å². The van der Waals surface area contributed by atoms with Crippen LogP contribution < -0.4 is 10.1 Å². The highest BCUT2D eigenvalue weighted by Gasteiger charge is 2.20. The molecule has 0 atom stereocenters. The largest absolute Gasteiger partial charge is 0.435 e. The lowest BCUT2D eigenvalue weighted by atomic mass is 10.0. The van der Waals surface area contributed by atoms with E-state index in [2.05, 4.69) is 10.1 Å². The van der Waals surface area contributed by atoms with E-state index in [1.807, 2.05) is 6.07 Å². The highest BCUT2D eigenvalue weighted by atomic mass is 32.2. The third-order valence-electron chi connectivity index (χ3n) is 4.98. The second kappa shape index (κ2) is 10.6. The Kier molecular flexibility index (Phi) is 7.80. The summed E-state index contributed by atoms with van der Waals surface area (Å²) >= 11 is 0. The molecule has 6 nitrogen and oxygen atoms in total. The van der Waals surface area contributed by atoms with Gasteiger partial charge in [-0.2, -0.15) is 8.78 Å². The van der Waals surface area contributed by atoms with Crippen LogP contribution in [-0.2, 0) is 14.8 Å². The first kappa shape index (κ1) is 25.1. The molecule has 0 fully saturated rings. The number of aryl methyl sites for hydroxylation is 1. The number of benzene rings is 3. The quantitative estimate of drug-likeness (QED) is 0.358. The second-order valence-corrected chi connectivity index (χ2v) is 9.74. The van der Waals surface area contributed by atoms with Crippen LogP contribution in [0.5, 0.6) is 5.75 Å². The topological polar surface area (TPSA) is 75.7 Å². The number of anilines is 1. The van der Waals surface area contributed by atoms with Crippen molar-refractivity contribution in [3.63, 3.8) is 0 Å². The Balaban J connectivity index is 1.97. The highest BCUT2D eigenvalue weighted by Crippen LogP contribution is 2.26.